The summed E-state index contributed by atoms with van der Waals surface area (Å²) in [6.45, 7) is 8.53. The molecule has 5 aliphatic heterocycles. The van der Waals surface area contributed by atoms with Crippen molar-refractivity contribution in [3.63, 3.8) is 0 Å². The molecule has 40 heavy (non-hydrogen) atoms. The maximum absolute atomic E-state index is 14.4. The first-order valence-electron chi connectivity index (χ1n) is 14.2. The third-order valence-corrected chi connectivity index (χ3v) is 11.6. The Morgan fingerprint density at radius 3 is 2.35 bits per heavy atom. The molecule has 12 unspecified atom stereocenters. The average molecular weight is 561 g/mol. The summed E-state index contributed by atoms with van der Waals surface area (Å²) < 4.78 is 24.1. The van der Waals surface area contributed by atoms with E-state index in [2.05, 4.69) is 0 Å². The van der Waals surface area contributed by atoms with Crippen molar-refractivity contribution in [3.8, 4) is 0 Å². The van der Waals surface area contributed by atoms with Crippen LogP contribution in [0.15, 0.2) is 11.6 Å². The third-order valence-electron chi connectivity index (χ3n) is 11.6. The minimum Gasteiger partial charge on any atom is -0.454 e. The molecule has 4 saturated heterocycles. The molecule has 12 atom stereocenters. The molecule has 5 heterocycles. The van der Waals surface area contributed by atoms with E-state index in [1.54, 1.807) is 40.7 Å². The summed E-state index contributed by atoms with van der Waals surface area (Å²) in [4.78, 5) is 53.2. The standard InChI is InChI=1S/C29H36O11/c1-12-8-15(37-23(12)34)18-13(2)21(32)25(5)6-7-26-11-27-16(24(3,4)39-28(27,35)10-17(31)38-27)9-14(30)19(26)22(33)29(36,40-26)20(18)25/h8,13-16,18-20,30,35-36H,6-7,9-11H2,1-5H3. The lowest BCUT2D eigenvalue weighted by Crippen LogP contribution is -2.56. The summed E-state index contributed by atoms with van der Waals surface area (Å²) >= 11 is 0. The molecule has 11 heteroatoms. The largest absolute Gasteiger partial charge is 0.454 e. The van der Waals surface area contributed by atoms with Gasteiger partial charge in [-0.05, 0) is 46.1 Å². The Hall–Kier alpha value is -2.18. The first-order valence-corrected chi connectivity index (χ1v) is 14.2. The smallest absolute Gasteiger partial charge is 0.334 e. The normalized spacial score (nSPS) is 56.0. The van der Waals surface area contributed by atoms with Crippen LogP contribution in [0.2, 0.25) is 0 Å². The van der Waals surface area contributed by atoms with Crippen LogP contribution in [0.3, 0.4) is 0 Å². The predicted octanol–water partition coefficient (Wildman–Crippen LogP) is 0.706. The fraction of sp³-hybridized carbons (Fsp3) is 0.793. The van der Waals surface area contributed by atoms with Gasteiger partial charge in [0, 0.05) is 41.1 Å². The van der Waals surface area contributed by atoms with Crippen molar-refractivity contribution in [1.82, 2.24) is 0 Å². The van der Waals surface area contributed by atoms with E-state index in [9.17, 15) is 34.5 Å². The second-order valence-corrected chi connectivity index (χ2v) is 14.1. The number of esters is 2. The van der Waals surface area contributed by atoms with Crippen molar-refractivity contribution in [1.29, 1.82) is 0 Å². The minimum atomic E-state index is -2.49. The lowest BCUT2D eigenvalue weighted by molar-refractivity contribution is -0.284. The van der Waals surface area contributed by atoms with Crippen molar-refractivity contribution < 1.29 is 53.4 Å². The second kappa shape index (κ2) is 7.42. The molecule has 7 aliphatic rings. The van der Waals surface area contributed by atoms with Gasteiger partial charge in [0.05, 0.1) is 23.2 Å². The minimum absolute atomic E-state index is 0.0386. The van der Waals surface area contributed by atoms with Crippen LogP contribution in [-0.4, -0.2) is 79.4 Å². The Kier molecular flexibility index (Phi) is 4.95. The lowest BCUT2D eigenvalue weighted by Gasteiger charge is -2.42. The van der Waals surface area contributed by atoms with Crippen LogP contribution in [0.4, 0.5) is 0 Å². The number of ketones is 2. The Morgan fingerprint density at radius 1 is 1.00 bits per heavy atom. The van der Waals surface area contributed by atoms with E-state index >= 15 is 0 Å². The van der Waals surface area contributed by atoms with E-state index in [-0.39, 0.29) is 31.5 Å². The molecule has 7 rings (SSSR count). The summed E-state index contributed by atoms with van der Waals surface area (Å²) in [5.41, 5.74) is -5.02. The fourth-order valence-corrected chi connectivity index (χ4v) is 10.1. The second-order valence-electron chi connectivity index (χ2n) is 14.1. The van der Waals surface area contributed by atoms with E-state index in [0.717, 1.165) is 0 Å². The fourth-order valence-electron chi connectivity index (χ4n) is 10.1. The number of hydrogen-bond donors (Lipinski definition) is 3. The molecule has 11 nitrogen and oxygen atoms in total. The molecule has 2 aliphatic carbocycles. The highest BCUT2D eigenvalue weighted by Gasteiger charge is 2.83. The summed E-state index contributed by atoms with van der Waals surface area (Å²) in [5.74, 6) is -10.9. The van der Waals surface area contributed by atoms with Crippen molar-refractivity contribution in [2.24, 2.45) is 35.0 Å². The molecule has 2 saturated carbocycles. The summed E-state index contributed by atoms with van der Waals surface area (Å²) in [6, 6.07) is 0. The van der Waals surface area contributed by atoms with E-state index in [1.807, 2.05) is 0 Å². The van der Waals surface area contributed by atoms with E-state index in [4.69, 9.17) is 18.9 Å². The molecule has 218 valence electrons. The van der Waals surface area contributed by atoms with Gasteiger partial charge in [0.15, 0.2) is 5.60 Å². The number of fused-ring (bicyclic) bond motifs is 3. The molecule has 0 amide bonds. The van der Waals surface area contributed by atoms with E-state index < -0.39 is 99.7 Å². The molecule has 0 radical (unpaired) electrons. The Morgan fingerprint density at radius 2 is 1.70 bits per heavy atom. The molecule has 0 aromatic rings. The predicted molar refractivity (Wildman–Crippen MR) is 132 cm³/mol. The summed E-state index contributed by atoms with van der Waals surface area (Å²) in [6.07, 6.45) is -0.878. The van der Waals surface area contributed by atoms with Crippen LogP contribution in [0.25, 0.3) is 0 Å². The summed E-state index contributed by atoms with van der Waals surface area (Å²) in [5, 5.41) is 35.7. The molecule has 0 aromatic heterocycles. The van der Waals surface area contributed by atoms with Gasteiger partial charge in [0.25, 0.3) is 0 Å². The third kappa shape index (κ3) is 2.83. The monoisotopic (exact) mass is 560 g/mol. The SMILES string of the molecule is CC1=CC(C2C(C)C(=O)C3(C)CCC45CC67OC(=O)CC6(O)OC(C)(C)C7CC(O)C4C(=O)C(O)(O5)C23)OC1=O. The van der Waals surface area contributed by atoms with Gasteiger partial charge in [0.1, 0.15) is 18.3 Å². The molecule has 3 N–H and O–H groups in total. The number of hydrogen-bond acceptors (Lipinski definition) is 11. The van der Waals surface area contributed by atoms with Gasteiger partial charge in [-0.25, -0.2) is 4.79 Å². The van der Waals surface area contributed by atoms with Crippen LogP contribution >= 0.6 is 0 Å². The zero-order valence-electron chi connectivity index (χ0n) is 23.3. The van der Waals surface area contributed by atoms with Gasteiger partial charge in [-0.15, -0.1) is 0 Å². The molecular weight excluding hydrogens is 524 g/mol. The molecular formula is C29H36O11. The Labute approximate surface area is 231 Å². The zero-order valence-corrected chi connectivity index (χ0v) is 23.3. The molecule has 2 bridgehead atoms. The molecule has 2 spiro atoms. The molecule has 6 fully saturated rings. The van der Waals surface area contributed by atoms with Crippen molar-refractivity contribution in [2.45, 2.75) is 107 Å². The highest BCUT2D eigenvalue weighted by Crippen LogP contribution is 2.69. The van der Waals surface area contributed by atoms with E-state index in [0.29, 0.717) is 5.57 Å². The lowest BCUT2D eigenvalue weighted by atomic mass is 9.62. The first kappa shape index (κ1) is 26.7. The highest BCUT2D eigenvalue weighted by atomic mass is 16.7. The number of cyclic esters (lactones) is 1. The number of aliphatic hydroxyl groups excluding tert-OH is 1. The quantitative estimate of drug-likeness (QED) is 0.387. The van der Waals surface area contributed by atoms with Crippen LogP contribution in [0.1, 0.15) is 66.7 Å². The maximum Gasteiger partial charge on any atom is 0.334 e. The summed E-state index contributed by atoms with van der Waals surface area (Å²) in [7, 11) is 0. The van der Waals surface area contributed by atoms with Gasteiger partial charge in [0.2, 0.25) is 17.4 Å². The van der Waals surface area contributed by atoms with Crippen LogP contribution in [0, 0.1) is 35.0 Å². The average Bonchev–Trinajstić information content (AvgIpc) is 3.42. The first-order chi connectivity index (χ1) is 18.4. The number of carbonyl (C=O) groups is 4. The van der Waals surface area contributed by atoms with Crippen molar-refractivity contribution in [3.05, 3.63) is 11.6 Å². The Balaban J connectivity index is 1.38. The number of rotatable bonds is 1. The number of ether oxygens (including phenoxy) is 4. The number of carbonyl (C=O) groups excluding carboxylic acids is 4. The Bertz CT molecular complexity index is 1300. The van der Waals surface area contributed by atoms with Gasteiger partial charge in [-0.2, -0.15) is 0 Å². The zero-order chi connectivity index (χ0) is 29.0. The van der Waals surface area contributed by atoms with Gasteiger partial charge < -0.3 is 34.3 Å². The van der Waals surface area contributed by atoms with Gasteiger partial charge in [-0.1, -0.05) is 13.8 Å². The van der Waals surface area contributed by atoms with Crippen molar-refractivity contribution in [2.75, 3.05) is 0 Å². The number of Topliss-reactive ketones (excluding diaryl/α,β-unsaturated/α-hetero) is 2. The highest BCUT2D eigenvalue weighted by molar-refractivity contribution is 5.97. The topological polar surface area (TPSA) is 166 Å². The molecule has 0 aromatic carbocycles. The van der Waals surface area contributed by atoms with Crippen LogP contribution < -0.4 is 0 Å². The van der Waals surface area contributed by atoms with Crippen LogP contribution in [0.5, 0.6) is 0 Å². The van der Waals surface area contributed by atoms with Crippen LogP contribution in [-0.2, 0) is 38.1 Å². The maximum atomic E-state index is 14.4. The van der Waals surface area contributed by atoms with Gasteiger partial charge >= 0.3 is 11.9 Å². The number of aliphatic hydroxyl groups is 3. The van der Waals surface area contributed by atoms with E-state index in [1.165, 1.54) is 0 Å². The van der Waals surface area contributed by atoms with Crippen molar-refractivity contribution >= 4 is 23.5 Å². The van der Waals surface area contributed by atoms with Gasteiger partial charge in [-0.3, -0.25) is 14.4 Å².